The lowest BCUT2D eigenvalue weighted by atomic mass is 10.1. The van der Waals surface area contributed by atoms with E-state index in [1.54, 1.807) is 34.0 Å². The van der Waals surface area contributed by atoms with E-state index in [1.807, 2.05) is 12.1 Å². The first-order valence-electron chi connectivity index (χ1n) is 9.87. The number of piperazine rings is 1. The zero-order chi connectivity index (χ0) is 20.4. The third kappa shape index (κ3) is 4.59. The Kier molecular flexibility index (Phi) is 6.12. The average molecular weight is 438 g/mol. The maximum absolute atomic E-state index is 13.1. The van der Waals surface area contributed by atoms with Crippen molar-refractivity contribution in [2.75, 3.05) is 50.8 Å². The molecule has 0 spiro atoms. The van der Waals surface area contributed by atoms with E-state index in [0.717, 1.165) is 25.3 Å². The predicted octanol–water partition coefficient (Wildman–Crippen LogP) is 2.05. The van der Waals surface area contributed by atoms with Gasteiger partial charge in [0, 0.05) is 45.0 Å². The third-order valence-corrected chi connectivity index (χ3v) is 8.75. The summed E-state index contributed by atoms with van der Waals surface area (Å²) < 4.78 is 33.8. The Hall–Kier alpha value is -1.65. The van der Waals surface area contributed by atoms with Crippen molar-refractivity contribution in [2.45, 2.75) is 23.3 Å². The lowest BCUT2D eigenvalue weighted by molar-refractivity contribution is -0.0210. The number of hydrogen-bond donors (Lipinski definition) is 1. The maximum Gasteiger partial charge on any atom is 0.252 e. The van der Waals surface area contributed by atoms with Crippen LogP contribution in [0.2, 0.25) is 0 Å². The van der Waals surface area contributed by atoms with E-state index in [4.69, 9.17) is 4.74 Å². The first kappa shape index (κ1) is 20.6. The topological polar surface area (TPSA) is 73.3 Å². The molecule has 0 amide bonds. The summed E-state index contributed by atoms with van der Waals surface area (Å²) in [6.07, 6.45) is 0.181. The van der Waals surface area contributed by atoms with Crippen LogP contribution >= 0.6 is 11.3 Å². The van der Waals surface area contributed by atoms with Crippen LogP contribution in [0.3, 0.4) is 0 Å². The number of rotatable bonds is 5. The molecule has 2 aromatic rings. The summed E-state index contributed by atoms with van der Waals surface area (Å²) in [5.74, 6) is 0.228. The van der Waals surface area contributed by atoms with Crippen LogP contribution in [0.4, 0.5) is 5.69 Å². The number of anilines is 1. The van der Waals surface area contributed by atoms with E-state index < -0.39 is 10.0 Å². The van der Waals surface area contributed by atoms with Gasteiger partial charge in [0.1, 0.15) is 9.96 Å². The Labute approximate surface area is 176 Å². The number of sulfonamides is 1. The van der Waals surface area contributed by atoms with Gasteiger partial charge in [0.25, 0.3) is 10.0 Å². The fourth-order valence-electron chi connectivity index (χ4n) is 4.08. The van der Waals surface area contributed by atoms with Gasteiger partial charge in [0.2, 0.25) is 0 Å². The molecule has 2 aliphatic heterocycles. The number of phenolic OH excluding ortho intramolecular Hbond substituents is 1. The van der Waals surface area contributed by atoms with Crippen molar-refractivity contribution >= 4 is 27.0 Å². The zero-order valence-corrected chi connectivity index (χ0v) is 18.1. The molecule has 2 saturated heterocycles. The standard InChI is InChI=1S/C20H27N3O4S2/c1-16-13-21(10-11-27-16)14-18-15-22(29(25,26)20-3-2-12-28-20)8-9-23(18)17-4-6-19(24)7-5-17/h2-7,12,16,18,24H,8-11,13-15H2,1H3/t16-,18+/m0/s1. The van der Waals surface area contributed by atoms with Crippen molar-refractivity contribution in [1.82, 2.24) is 9.21 Å². The molecule has 3 heterocycles. The van der Waals surface area contributed by atoms with E-state index in [1.165, 1.54) is 11.3 Å². The molecule has 0 saturated carbocycles. The highest BCUT2D eigenvalue weighted by atomic mass is 32.2. The number of phenols is 1. The van der Waals surface area contributed by atoms with E-state index in [0.29, 0.717) is 30.5 Å². The van der Waals surface area contributed by atoms with Gasteiger partial charge < -0.3 is 14.7 Å². The monoisotopic (exact) mass is 437 g/mol. The minimum atomic E-state index is -3.47. The number of ether oxygens (including phenoxy) is 1. The van der Waals surface area contributed by atoms with Gasteiger partial charge >= 0.3 is 0 Å². The van der Waals surface area contributed by atoms with Gasteiger partial charge in [-0.1, -0.05) is 6.07 Å². The van der Waals surface area contributed by atoms with Crippen molar-refractivity contribution in [1.29, 1.82) is 0 Å². The number of nitrogens with zero attached hydrogens (tertiary/aromatic N) is 3. The van der Waals surface area contributed by atoms with Crippen LogP contribution in [0.1, 0.15) is 6.92 Å². The highest BCUT2D eigenvalue weighted by Gasteiger charge is 2.36. The minimum absolute atomic E-state index is 0.0216. The van der Waals surface area contributed by atoms with E-state index in [9.17, 15) is 13.5 Å². The molecule has 0 unspecified atom stereocenters. The van der Waals surface area contributed by atoms with E-state index in [2.05, 4.69) is 16.7 Å². The van der Waals surface area contributed by atoms with Crippen LogP contribution in [-0.4, -0.2) is 80.8 Å². The molecule has 2 atom stereocenters. The summed E-state index contributed by atoms with van der Waals surface area (Å²) in [6.45, 7) is 6.72. The highest BCUT2D eigenvalue weighted by Crippen LogP contribution is 2.28. The van der Waals surface area contributed by atoms with Gasteiger partial charge in [-0.3, -0.25) is 4.90 Å². The average Bonchev–Trinajstić information content (AvgIpc) is 3.24. The lowest BCUT2D eigenvalue weighted by Crippen LogP contribution is -2.59. The largest absolute Gasteiger partial charge is 0.508 e. The molecular weight excluding hydrogens is 410 g/mol. The second-order valence-corrected chi connectivity index (χ2v) is 10.7. The van der Waals surface area contributed by atoms with Crippen LogP contribution in [0.25, 0.3) is 0 Å². The third-order valence-electron chi connectivity index (χ3n) is 5.51. The van der Waals surface area contributed by atoms with Crippen LogP contribution in [0.15, 0.2) is 46.0 Å². The summed E-state index contributed by atoms with van der Waals surface area (Å²) >= 11 is 1.26. The molecule has 1 N–H and O–H groups in total. The SMILES string of the molecule is C[C@H]1CN(C[C@@H]2CN(S(=O)(=O)c3cccs3)CCN2c2ccc(O)cc2)CCO1. The molecular formula is C20H27N3O4S2. The maximum atomic E-state index is 13.1. The molecule has 9 heteroatoms. The minimum Gasteiger partial charge on any atom is -0.508 e. The predicted molar refractivity (Wildman–Crippen MR) is 114 cm³/mol. The van der Waals surface area contributed by atoms with Crippen LogP contribution in [-0.2, 0) is 14.8 Å². The van der Waals surface area contributed by atoms with Crippen LogP contribution in [0, 0.1) is 0 Å². The van der Waals surface area contributed by atoms with E-state index in [-0.39, 0.29) is 17.9 Å². The van der Waals surface area contributed by atoms with Gasteiger partial charge in [-0.25, -0.2) is 8.42 Å². The highest BCUT2D eigenvalue weighted by molar-refractivity contribution is 7.91. The number of benzene rings is 1. The van der Waals surface area contributed by atoms with Crippen molar-refractivity contribution < 1.29 is 18.3 Å². The Bertz CT molecular complexity index is 902. The fraction of sp³-hybridized carbons (Fsp3) is 0.500. The molecule has 0 aliphatic carbocycles. The molecule has 2 aliphatic rings. The van der Waals surface area contributed by atoms with Crippen LogP contribution < -0.4 is 4.90 Å². The fourth-order valence-corrected chi connectivity index (χ4v) is 6.69. The number of thiophene rings is 1. The van der Waals surface area contributed by atoms with Crippen molar-refractivity contribution in [3.05, 3.63) is 41.8 Å². The Balaban J connectivity index is 1.57. The van der Waals surface area contributed by atoms with Gasteiger partial charge in [-0.05, 0) is 42.6 Å². The second kappa shape index (κ2) is 8.61. The normalized spacial score (nSPS) is 24.7. The summed E-state index contributed by atoms with van der Waals surface area (Å²) in [5.41, 5.74) is 1.00. The number of hydrogen-bond acceptors (Lipinski definition) is 7. The number of aromatic hydroxyl groups is 1. The summed E-state index contributed by atoms with van der Waals surface area (Å²) in [6, 6.07) is 10.6. The van der Waals surface area contributed by atoms with Crippen molar-refractivity contribution in [2.24, 2.45) is 0 Å². The quantitative estimate of drug-likeness (QED) is 0.772. The summed E-state index contributed by atoms with van der Waals surface area (Å²) in [4.78, 5) is 4.62. The Morgan fingerprint density at radius 1 is 1.14 bits per heavy atom. The second-order valence-electron chi connectivity index (χ2n) is 7.60. The molecule has 0 radical (unpaired) electrons. The number of morpholine rings is 1. The van der Waals surface area contributed by atoms with Gasteiger partial charge in [-0.2, -0.15) is 4.31 Å². The van der Waals surface area contributed by atoms with Crippen molar-refractivity contribution in [3.8, 4) is 5.75 Å². The molecule has 1 aromatic heterocycles. The molecule has 0 bridgehead atoms. The molecule has 1 aromatic carbocycles. The van der Waals surface area contributed by atoms with Gasteiger partial charge in [-0.15, -0.1) is 11.3 Å². The molecule has 2 fully saturated rings. The van der Waals surface area contributed by atoms with Crippen molar-refractivity contribution in [3.63, 3.8) is 0 Å². The summed E-state index contributed by atoms with van der Waals surface area (Å²) in [7, 11) is -3.47. The molecule has 7 nitrogen and oxygen atoms in total. The molecule has 158 valence electrons. The first-order valence-corrected chi connectivity index (χ1v) is 12.2. The van der Waals surface area contributed by atoms with E-state index >= 15 is 0 Å². The van der Waals surface area contributed by atoms with Crippen LogP contribution in [0.5, 0.6) is 5.75 Å². The van der Waals surface area contributed by atoms with Gasteiger partial charge in [0.05, 0.1) is 18.8 Å². The molecule has 29 heavy (non-hydrogen) atoms. The van der Waals surface area contributed by atoms with Gasteiger partial charge in [0.15, 0.2) is 0 Å². The smallest absolute Gasteiger partial charge is 0.252 e. The lowest BCUT2D eigenvalue weighted by Gasteiger charge is -2.44. The summed E-state index contributed by atoms with van der Waals surface area (Å²) in [5, 5.41) is 11.4. The zero-order valence-electron chi connectivity index (χ0n) is 16.5. The Morgan fingerprint density at radius 3 is 2.62 bits per heavy atom. The Morgan fingerprint density at radius 2 is 1.93 bits per heavy atom. The molecule has 4 rings (SSSR count). The first-order chi connectivity index (χ1) is 13.9.